The Kier molecular flexibility index (Phi) is 2.44. The number of hydrogen-bond donors (Lipinski definition) is 1. The van der Waals surface area contributed by atoms with Gasteiger partial charge in [-0.3, -0.25) is 9.59 Å². The van der Waals surface area contributed by atoms with Crippen molar-refractivity contribution in [1.29, 1.82) is 0 Å². The molecule has 0 saturated heterocycles. The van der Waals surface area contributed by atoms with E-state index in [0.29, 0.717) is 5.56 Å². The first kappa shape index (κ1) is 8.01. The first-order chi connectivity index (χ1) is 5.22. The van der Waals surface area contributed by atoms with Crippen LogP contribution in [-0.2, 0) is 4.79 Å². The first-order valence-electron chi connectivity index (χ1n) is 3.04. The summed E-state index contributed by atoms with van der Waals surface area (Å²) in [6, 6.07) is 8.33. The maximum atomic E-state index is 10.9. The molecule has 0 aliphatic rings. The zero-order valence-electron chi connectivity index (χ0n) is 5.65. The molecule has 0 radical (unpaired) electrons. The lowest BCUT2D eigenvalue weighted by Gasteiger charge is -1.92. The third-order valence-corrected chi connectivity index (χ3v) is 1.43. The van der Waals surface area contributed by atoms with Crippen molar-refractivity contribution in [2.75, 3.05) is 0 Å². The van der Waals surface area contributed by atoms with Gasteiger partial charge in [0.2, 0.25) is 5.78 Å². The summed E-state index contributed by atoms with van der Waals surface area (Å²) in [6.07, 6.45) is 0. The fourth-order valence-corrected chi connectivity index (χ4v) is 0.842. The molecule has 56 valence electrons. The predicted octanol–water partition coefficient (Wildman–Crippen LogP) is 1.33. The minimum Gasteiger partial charge on any atom is -0.284 e. The maximum Gasteiger partial charge on any atom is 0.256 e. The summed E-state index contributed by atoms with van der Waals surface area (Å²) in [5.74, 6) is -0.561. The van der Waals surface area contributed by atoms with Gasteiger partial charge in [-0.2, -0.15) is 0 Å². The number of thiol groups is 1. The van der Waals surface area contributed by atoms with Gasteiger partial charge in [0.1, 0.15) is 0 Å². The van der Waals surface area contributed by atoms with Gasteiger partial charge >= 0.3 is 0 Å². The Morgan fingerprint density at radius 1 is 1.09 bits per heavy atom. The highest BCUT2D eigenvalue weighted by molar-refractivity contribution is 7.99. The Bertz CT molecular complexity index is 279. The van der Waals surface area contributed by atoms with Gasteiger partial charge in [-0.1, -0.05) is 43.0 Å². The van der Waals surface area contributed by atoms with Crippen molar-refractivity contribution in [3.05, 3.63) is 35.9 Å². The molecule has 0 aliphatic heterocycles. The van der Waals surface area contributed by atoms with Crippen molar-refractivity contribution in [3.63, 3.8) is 0 Å². The summed E-state index contributed by atoms with van der Waals surface area (Å²) in [6.45, 7) is 0. The van der Waals surface area contributed by atoms with Gasteiger partial charge in [0, 0.05) is 5.56 Å². The zero-order chi connectivity index (χ0) is 8.27. The number of carbonyl (C=O) groups excluding carboxylic acids is 2. The van der Waals surface area contributed by atoms with Crippen LogP contribution in [-0.4, -0.2) is 10.9 Å². The molecule has 0 aromatic heterocycles. The van der Waals surface area contributed by atoms with Gasteiger partial charge in [-0.25, -0.2) is 0 Å². The van der Waals surface area contributed by atoms with Crippen LogP contribution in [0.3, 0.4) is 0 Å². The molecule has 0 N–H and O–H groups in total. The van der Waals surface area contributed by atoms with Crippen molar-refractivity contribution in [1.82, 2.24) is 0 Å². The van der Waals surface area contributed by atoms with Crippen LogP contribution < -0.4 is 0 Å². The van der Waals surface area contributed by atoms with E-state index < -0.39 is 10.9 Å². The fraction of sp³-hybridized carbons (Fsp3) is 0. The molecule has 1 rings (SSSR count). The summed E-state index contributed by atoms with van der Waals surface area (Å²) >= 11 is 3.42. The van der Waals surface area contributed by atoms with E-state index in [1.54, 1.807) is 30.3 Å². The van der Waals surface area contributed by atoms with Crippen molar-refractivity contribution in [2.24, 2.45) is 0 Å². The largest absolute Gasteiger partial charge is 0.284 e. The molecule has 0 saturated carbocycles. The van der Waals surface area contributed by atoms with E-state index in [1.165, 1.54) is 0 Å². The summed E-state index contributed by atoms with van der Waals surface area (Å²) in [5, 5.41) is -0.726. The normalized spacial score (nSPS) is 9.18. The average Bonchev–Trinajstić information content (AvgIpc) is 2.05. The van der Waals surface area contributed by atoms with Crippen LogP contribution in [0.4, 0.5) is 0 Å². The molecule has 0 spiro atoms. The van der Waals surface area contributed by atoms with Crippen LogP contribution in [0.25, 0.3) is 0 Å². The van der Waals surface area contributed by atoms with E-state index in [1.807, 2.05) is 0 Å². The Morgan fingerprint density at radius 3 is 2.09 bits per heavy atom. The van der Waals surface area contributed by atoms with Gasteiger partial charge in [0.25, 0.3) is 5.12 Å². The second-order valence-electron chi connectivity index (χ2n) is 2.00. The van der Waals surface area contributed by atoms with Gasteiger partial charge in [0.15, 0.2) is 0 Å². The third kappa shape index (κ3) is 1.91. The third-order valence-electron chi connectivity index (χ3n) is 1.23. The molecule has 0 heterocycles. The quantitative estimate of drug-likeness (QED) is 0.408. The Balaban J connectivity index is 2.95. The minimum atomic E-state index is -0.726. The summed E-state index contributed by atoms with van der Waals surface area (Å²) in [7, 11) is 0. The number of benzene rings is 1. The molecule has 0 atom stereocenters. The summed E-state index contributed by atoms with van der Waals surface area (Å²) in [4.78, 5) is 21.4. The highest BCUT2D eigenvalue weighted by atomic mass is 32.1. The van der Waals surface area contributed by atoms with Gasteiger partial charge in [-0.15, -0.1) is 0 Å². The highest BCUT2D eigenvalue weighted by Crippen LogP contribution is 2.01. The molecule has 0 fully saturated rings. The van der Waals surface area contributed by atoms with Crippen LogP contribution >= 0.6 is 12.6 Å². The molecular formula is C8H6O2S. The molecule has 0 unspecified atom stereocenters. The molecule has 0 amide bonds. The number of ketones is 1. The van der Waals surface area contributed by atoms with Crippen molar-refractivity contribution in [2.45, 2.75) is 0 Å². The number of hydrogen-bond acceptors (Lipinski definition) is 2. The van der Waals surface area contributed by atoms with Gasteiger partial charge < -0.3 is 0 Å². The van der Waals surface area contributed by atoms with E-state index in [-0.39, 0.29) is 0 Å². The maximum absolute atomic E-state index is 10.9. The van der Waals surface area contributed by atoms with Crippen molar-refractivity contribution in [3.8, 4) is 0 Å². The molecule has 11 heavy (non-hydrogen) atoms. The van der Waals surface area contributed by atoms with Gasteiger partial charge in [0.05, 0.1) is 0 Å². The molecular weight excluding hydrogens is 160 g/mol. The number of Topliss-reactive ketones (excluding diaryl/α,β-unsaturated/α-hetero) is 1. The molecule has 1 aromatic rings. The summed E-state index contributed by atoms with van der Waals surface area (Å²) < 4.78 is 0. The van der Waals surface area contributed by atoms with E-state index in [2.05, 4.69) is 12.6 Å². The first-order valence-corrected chi connectivity index (χ1v) is 3.49. The van der Waals surface area contributed by atoms with Crippen LogP contribution in [0.2, 0.25) is 0 Å². The Labute approximate surface area is 69.6 Å². The highest BCUT2D eigenvalue weighted by Gasteiger charge is 2.09. The molecule has 1 aromatic carbocycles. The lowest BCUT2D eigenvalue weighted by Crippen LogP contribution is -2.06. The minimum absolute atomic E-state index is 0.382. The lowest BCUT2D eigenvalue weighted by atomic mass is 10.1. The average molecular weight is 166 g/mol. The smallest absolute Gasteiger partial charge is 0.256 e. The Hall–Kier alpha value is -1.09. The monoisotopic (exact) mass is 166 g/mol. The Morgan fingerprint density at radius 2 is 1.64 bits per heavy atom. The van der Waals surface area contributed by atoms with E-state index in [0.717, 1.165) is 0 Å². The van der Waals surface area contributed by atoms with E-state index in [9.17, 15) is 9.59 Å². The van der Waals surface area contributed by atoms with E-state index in [4.69, 9.17) is 0 Å². The number of rotatable bonds is 2. The summed E-state index contributed by atoms with van der Waals surface area (Å²) in [5.41, 5.74) is 0.382. The van der Waals surface area contributed by atoms with E-state index >= 15 is 0 Å². The number of carbonyl (C=O) groups is 2. The van der Waals surface area contributed by atoms with Crippen molar-refractivity contribution >= 4 is 23.5 Å². The topological polar surface area (TPSA) is 34.1 Å². The second kappa shape index (κ2) is 3.34. The van der Waals surface area contributed by atoms with Crippen LogP contribution in [0.1, 0.15) is 10.4 Å². The fourth-order valence-electron chi connectivity index (χ4n) is 0.713. The predicted molar refractivity (Wildman–Crippen MR) is 44.8 cm³/mol. The van der Waals surface area contributed by atoms with Crippen LogP contribution in [0.5, 0.6) is 0 Å². The molecule has 3 heteroatoms. The van der Waals surface area contributed by atoms with Crippen molar-refractivity contribution < 1.29 is 9.59 Å². The SMILES string of the molecule is O=C(S)C(=O)c1ccccc1. The standard InChI is InChI=1S/C8H6O2S/c9-7(8(10)11)6-4-2-1-3-5-6/h1-5H,(H,10,11). The lowest BCUT2D eigenvalue weighted by molar-refractivity contribution is -0.107. The zero-order valence-corrected chi connectivity index (χ0v) is 6.54. The van der Waals surface area contributed by atoms with Crippen LogP contribution in [0.15, 0.2) is 30.3 Å². The molecule has 2 nitrogen and oxygen atoms in total. The second-order valence-corrected chi connectivity index (χ2v) is 2.41. The molecule has 0 bridgehead atoms. The van der Waals surface area contributed by atoms with Crippen LogP contribution in [0, 0.1) is 0 Å². The molecule has 0 aliphatic carbocycles. The van der Waals surface area contributed by atoms with Gasteiger partial charge in [-0.05, 0) is 0 Å².